The molecule has 1 aliphatic heterocycles. The van der Waals surface area contributed by atoms with Gasteiger partial charge in [-0.3, -0.25) is 4.98 Å². The summed E-state index contributed by atoms with van der Waals surface area (Å²) in [6.07, 6.45) is 12.3. The van der Waals surface area contributed by atoms with Crippen LogP contribution >= 0.6 is 0 Å². The summed E-state index contributed by atoms with van der Waals surface area (Å²) in [7, 11) is 0. The lowest BCUT2D eigenvalue weighted by atomic mass is 10.1. The molecule has 1 N–H and O–H groups in total. The number of hydrogen-bond donors (Lipinski definition) is 1. The van der Waals surface area contributed by atoms with Gasteiger partial charge >= 0.3 is 0 Å². The van der Waals surface area contributed by atoms with Gasteiger partial charge < -0.3 is 5.32 Å². The lowest BCUT2D eigenvalue weighted by Gasteiger charge is -2.13. The van der Waals surface area contributed by atoms with Crippen molar-refractivity contribution in [2.24, 2.45) is 0 Å². The van der Waals surface area contributed by atoms with Gasteiger partial charge in [-0.2, -0.15) is 0 Å². The summed E-state index contributed by atoms with van der Waals surface area (Å²) < 4.78 is 0. The molecule has 0 unspecified atom stereocenters. The molecular weight excluding hydrogens is 244 g/mol. The van der Waals surface area contributed by atoms with E-state index in [9.17, 15) is 0 Å². The summed E-state index contributed by atoms with van der Waals surface area (Å²) in [5.74, 6) is 0. The molecule has 0 atom stereocenters. The Morgan fingerprint density at radius 3 is 2.50 bits per heavy atom. The molecule has 2 heteroatoms. The quantitative estimate of drug-likeness (QED) is 0.823. The number of nitrogens with one attached hydrogen (secondary N) is 1. The van der Waals surface area contributed by atoms with Crippen LogP contribution in [0.5, 0.6) is 0 Å². The summed E-state index contributed by atoms with van der Waals surface area (Å²) in [5.41, 5.74) is 2.81. The smallest absolute Gasteiger partial charge is 0.0870 e. The minimum absolute atomic E-state index is 0.887. The molecule has 2 nitrogen and oxygen atoms in total. The maximum Gasteiger partial charge on any atom is 0.0870 e. The van der Waals surface area contributed by atoms with Crippen LogP contribution in [-0.2, 0) is 0 Å². The Morgan fingerprint density at radius 2 is 1.80 bits per heavy atom. The zero-order valence-electron chi connectivity index (χ0n) is 11.5. The fourth-order valence-electron chi connectivity index (χ4n) is 1.90. The third kappa shape index (κ3) is 3.15. The highest BCUT2D eigenvalue weighted by atomic mass is 14.9. The van der Waals surface area contributed by atoms with Crippen LogP contribution in [0.15, 0.2) is 67.0 Å². The average Bonchev–Trinajstić information content (AvgIpc) is 3.35. The molecule has 2 aliphatic rings. The maximum atomic E-state index is 4.46. The fourth-order valence-corrected chi connectivity index (χ4v) is 1.90. The number of fused-ring (bicyclic) bond motifs is 1. The van der Waals surface area contributed by atoms with Crippen LogP contribution in [-0.4, -0.2) is 4.98 Å². The molecule has 2 aromatic rings. The molecule has 0 bridgehead atoms. The lowest BCUT2D eigenvalue weighted by molar-refractivity contribution is 1.10. The van der Waals surface area contributed by atoms with E-state index in [-0.39, 0.29) is 0 Å². The molecule has 20 heavy (non-hydrogen) atoms. The normalized spacial score (nSPS) is 16.0. The van der Waals surface area contributed by atoms with Crippen molar-refractivity contribution in [3.05, 3.63) is 72.7 Å². The molecule has 4 rings (SSSR count). The van der Waals surface area contributed by atoms with Crippen LogP contribution in [0.3, 0.4) is 0 Å². The molecule has 1 saturated carbocycles. The van der Waals surface area contributed by atoms with E-state index < -0.39 is 0 Å². The monoisotopic (exact) mass is 262 g/mol. The number of allylic oxidation sites excluding steroid dienone is 3. The molecule has 1 fully saturated rings. The molecule has 0 spiro atoms. The van der Waals surface area contributed by atoms with Crippen molar-refractivity contribution in [1.82, 2.24) is 10.3 Å². The van der Waals surface area contributed by atoms with Crippen LogP contribution in [0, 0.1) is 0 Å². The molecule has 0 radical (unpaired) electrons. The standard InChI is InChI=1S/C15H12N2.C3H6/c1-11-5-4-8-14(17-11)15-9-12-6-2-3-7-13(12)10-16-15;1-2-3-1/h2-10,17H,1H2;1-3H2. The van der Waals surface area contributed by atoms with Crippen LogP contribution in [0.2, 0.25) is 0 Å². The number of dihydropyridines is 1. The van der Waals surface area contributed by atoms with E-state index in [1.165, 1.54) is 24.6 Å². The zero-order chi connectivity index (χ0) is 13.8. The topological polar surface area (TPSA) is 24.9 Å². The minimum atomic E-state index is 0.887. The molecule has 1 aromatic heterocycles. The summed E-state index contributed by atoms with van der Waals surface area (Å²) in [6.45, 7) is 3.89. The molecule has 1 aliphatic carbocycles. The van der Waals surface area contributed by atoms with Gasteiger partial charge in [-0.15, -0.1) is 0 Å². The van der Waals surface area contributed by atoms with Gasteiger partial charge in [0.1, 0.15) is 0 Å². The average molecular weight is 262 g/mol. The van der Waals surface area contributed by atoms with Crippen LogP contribution in [0.4, 0.5) is 0 Å². The van der Waals surface area contributed by atoms with E-state index in [1.807, 2.05) is 36.6 Å². The van der Waals surface area contributed by atoms with Crippen LogP contribution < -0.4 is 5.32 Å². The Balaban J connectivity index is 0.000000358. The molecule has 0 saturated heterocycles. The second-order valence-electron chi connectivity index (χ2n) is 5.07. The Kier molecular flexibility index (Phi) is 3.64. The predicted molar refractivity (Wildman–Crippen MR) is 85.0 cm³/mol. The first-order valence-corrected chi connectivity index (χ1v) is 7.02. The third-order valence-corrected chi connectivity index (χ3v) is 3.12. The van der Waals surface area contributed by atoms with Gasteiger partial charge in [0, 0.05) is 17.3 Å². The minimum Gasteiger partial charge on any atom is -0.354 e. The number of nitrogens with zero attached hydrogens (tertiary/aromatic N) is 1. The van der Waals surface area contributed by atoms with Crippen molar-refractivity contribution in [3.63, 3.8) is 0 Å². The molecule has 0 amide bonds. The second-order valence-corrected chi connectivity index (χ2v) is 5.07. The van der Waals surface area contributed by atoms with E-state index in [4.69, 9.17) is 0 Å². The molecule has 2 heterocycles. The van der Waals surface area contributed by atoms with Crippen molar-refractivity contribution in [2.45, 2.75) is 19.3 Å². The maximum absolute atomic E-state index is 4.46. The van der Waals surface area contributed by atoms with Gasteiger partial charge in [-0.1, -0.05) is 56.2 Å². The fraction of sp³-hybridized carbons (Fsp3) is 0.167. The van der Waals surface area contributed by atoms with Gasteiger partial charge in [-0.05, 0) is 23.6 Å². The number of rotatable bonds is 1. The first-order chi connectivity index (χ1) is 9.83. The van der Waals surface area contributed by atoms with Gasteiger partial charge in [0.05, 0.1) is 11.4 Å². The van der Waals surface area contributed by atoms with Crippen molar-refractivity contribution < 1.29 is 0 Å². The highest BCUT2D eigenvalue weighted by Crippen LogP contribution is 2.19. The summed E-state index contributed by atoms with van der Waals surface area (Å²) >= 11 is 0. The first-order valence-electron chi connectivity index (χ1n) is 7.02. The van der Waals surface area contributed by atoms with E-state index in [2.05, 4.69) is 35.1 Å². The van der Waals surface area contributed by atoms with Gasteiger partial charge in [0.15, 0.2) is 0 Å². The molecule has 100 valence electrons. The number of aromatic nitrogens is 1. The van der Waals surface area contributed by atoms with Crippen molar-refractivity contribution in [1.29, 1.82) is 0 Å². The Morgan fingerprint density at radius 1 is 1.05 bits per heavy atom. The second kappa shape index (κ2) is 5.74. The lowest BCUT2D eigenvalue weighted by Crippen LogP contribution is -2.12. The first kappa shape index (κ1) is 12.7. The van der Waals surface area contributed by atoms with E-state index in [1.54, 1.807) is 0 Å². The van der Waals surface area contributed by atoms with Gasteiger partial charge in [-0.25, -0.2) is 0 Å². The van der Waals surface area contributed by atoms with Crippen LogP contribution in [0.1, 0.15) is 25.0 Å². The third-order valence-electron chi connectivity index (χ3n) is 3.12. The van der Waals surface area contributed by atoms with Gasteiger partial charge in [0.2, 0.25) is 0 Å². The van der Waals surface area contributed by atoms with Gasteiger partial charge in [0.25, 0.3) is 0 Å². The van der Waals surface area contributed by atoms with E-state index >= 15 is 0 Å². The van der Waals surface area contributed by atoms with Crippen molar-refractivity contribution in [2.75, 3.05) is 0 Å². The largest absolute Gasteiger partial charge is 0.354 e. The highest BCUT2D eigenvalue weighted by molar-refractivity contribution is 5.84. The van der Waals surface area contributed by atoms with E-state index in [0.717, 1.165) is 22.5 Å². The SMILES string of the molecule is C1CC1.C=C1C=CC=C(c2cc3ccccc3cn2)N1. The predicted octanol–water partition coefficient (Wildman–Crippen LogP) is 4.42. The van der Waals surface area contributed by atoms with Crippen molar-refractivity contribution >= 4 is 16.5 Å². The van der Waals surface area contributed by atoms with Crippen molar-refractivity contribution in [3.8, 4) is 0 Å². The number of pyridine rings is 1. The van der Waals surface area contributed by atoms with Crippen LogP contribution in [0.25, 0.3) is 16.5 Å². The highest BCUT2D eigenvalue weighted by Gasteiger charge is 2.06. The number of hydrogen-bond acceptors (Lipinski definition) is 2. The summed E-state index contributed by atoms with van der Waals surface area (Å²) in [5, 5.41) is 5.56. The zero-order valence-corrected chi connectivity index (χ0v) is 11.5. The molecule has 1 aromatic carbocycles. The Labute approximate surface area is 119 Å². The number of benzene rings is 1. The summed E-state index contributed by atoms with van der Waals surface area (Å²) in [4.78, 5) is 4.46. The Hall–Kier alpha value is -2.35. The molecular formula is C18H18N2. The Bertz CT molecular complexity index is 691. The summed E-state index contributed by atoms with van der Waals surface area (Å²) in [6, 6.07) is 10.3. The van der Waals surface area contributed by atoms with E-state index in [0.29, 0.717) is 0 Å².